The summed E-state index contributed by atoms with van der Waals surface area (Å²) in [5.74, 6) is 0. The van der Waals surface area contributed by atoms with Crippen molar-refractivity contribution < 1.29 is 0 Å². The maximum Gasteiger partial charge on any atom is 0.0485 e. The summed E-state index contributed by atoms with van der Waals surface area (Å²) in [4.78, 5) is 0. The van der Waals surface area contributed by atoms with E-state index in [0.29, 0.717) is 0 Å². The van der Waals surface area contributed by atoms with E-state index in [1.54, 1.807) is 0 Å². The van der Waals surface area contributed by atoms with Crippen LogP contribution in [0, 0.1) is 0 Å². The fourth-order valence-corrected chi connectivity index (χ4v) is 2.28. The van der Waals surface area contributed by atoms with Gasteiger partial charge in [-0.3, -0.25) is 0 Å². The highest BCUT2D eigenvalue weighted by Gasteiger charge is 2.25. The van der Waals surface area contributed by atoms with Gasteiger partial charge in [-0.05, 0) is 24.0 Å². The molecule has 0 aromatic heterocycles. The minimum absolute atomic E-state index is 0.371. The highest BCUT2D eigenvalue weighted by atomic mass is 14.7. The standard InChI is InChI=1S/C17H19N/c1-2-13-17(18,16-11-7-4-8-12-16)14-15-9-5-3-6-10-15/h2-12H,1,13-14,18H2. The van der Waals surface area contributed by atoms with Crippen LogP contribution in [0.1, 0.15) is 17.5 Å². The molecule has 2 aromatic carbocycles. The second kappa shape index (κ2) is 5.65. The van der Waals surface area contributed by atoms with Crippen molar-refractivity contribution in [2.24, 2.45) is 5.73 Å². The lowest BCUT2D eigenvalue weighted by atomic mass is 9.82. The molecule has 2 rings (SSSR count). The summed E-state index contributed by atoms with van der Waals surface area (Å²) < 4.78 is 0. The third-order valence-corrected chi connectivity index (χ3v) is 3.22. The largest absolute Gasteiger partial charge is 0.321 e. The molecule has 0 amide bonds. The van der Waals surface area contributed by atoms with Gasteiger partial charge in [0.05, 0.1) is 0 Å². The van der Waals surface area contributed by atoms with Crippen LogP contribution in [-0.4, -0.2) is 0 Å². The van der Waals surface area contributed by atoms with Crippen molar-refractivity contribution in [1.29, 1.82) is 0 Å². The van der Waals surface area contributed by atoms with Crippen LogP contribution in [0.15, 0.2) is 73.3 Å². The first kappa shape index (κ1) is 12.6. The number of rotatable bonds is 5. The first-order valence-corrected chi connectivity index (χ1v) is 6.24. The fraction of sp³-hybridized carbons (Fsp3) is 0.176. The molecule has 0 spiro atoms. The van der Waals surface area contributed by atoms with E-state index in [2.05, 4.69) is 43.0 Å². The van der Waals surface area contributed by atoms with Crippen molar-refractivity contribution in [3.8, 4) is 0 Å². The highest BCUT2D eigenvalue weighted by Crippen LogP contribution is 2.27. The van der Waals surface area contributed by atoms with Gasteiger partial charge in [0.2, 0.25) is 0 Å². The average molecular weight is 237 g/mol. The van der Waals surface area contributed by atoms with Gasteiger partial charge in [-0.2, -0.15) is 0 Å². The molecule has 1 unspecified atom stereocenters. The first-order chi connectivity index (χ1) is 8.74. The molecule has 0 saturated heterocycles. The van der Waals surface area contributed by atoms with Crippen molar-refractivity contribution in [2.45, 2.75) is 18.4 Å². The van der Waals surface area contributed by atoms with Crippen molar-refractivity contribution in [2.75, 3.05) is 0 Å². The van der Waals surface area contributed by atoms with E-state index in [4.69, 9.17) is 5.73 Å². The van der Waals surface area contributed by atoms with E-state index in [1.807, 2.05) is 30.3 Å². The van der Waals surface area contributed by atoms with E-state index in [1.165, 1.54) is 5.56 Å². The smallest absolute Gasteiger partial charge is 0.0485 e. The molecule has 92 valence electrons. The zero-order valence-corrected chi connectivity index (χ0v) is 10.5. The molecule has 0 saturated carbocycles. The Morgan fingerprint density at radius 3 is 2.06 bits per heavy atom. The minimum atomic E-state index is -0.371. The third-order valence-electron chi connectivity index (χ3n) is 3.22. The minimum Gasteiger partial charge on any atom is -0.321 e. The highest BCUT2D eigenvalue weighted by molar-refractivity contribution is 5.29. The molecular formula is C17H19N. The lowest BCUT2D eigenvalue weighted by Crippen LogP contribution is -2.38. The summed E-state index contributed by atoms with van der Waals surface area (Å²) in [6.07, 6.45) is 3.49. The predicted octanol–water partition coefficient (Wildman–Crippen LogP) is 3.66. The Morgan fingerprint density at radius 2 is 1.50 bits per heavy atom. The van der Waals surface area contributed by atoms with Crippen LogP contribution < -0.4 is 5.73 Å². The fourth-order valence-electron chi connectivity index (χ4n) is 2.28. The SMILES string of the molecule is C=CCC(N)(Cc1ccccc1)c1ccccc1. The topological polar surface area (TPSA) is 26.0 Å². The summed E-state index contributed by atoms with van der Waals surface area (Å²) in [6, 6.07) is 20.6. The number of nitrogens with two attached hydrogens (primary N) is 1. The van der Waals surface area contributed by atoms with Crippen molar-refractivity contribution in [3.05, 3.63) is 84.4 Å². The zero-order chi connectivity index (χ0) is 12.8. The van der Waals surface area contributed by atoms with Crippen LogP contribution in [0.4, 0.5) is 0 Å². The van der Waals surface area contributed by atoms with E-state index in [9.17, 15) is 0 Å². The Kier molecular flexibility index (Phi) is 3.96. The molecular weight excluding hydrogens is 218 g/mol. The van der Waals surface area contributed by atoms with Crippen LogP contribution >= 0.6 is 0 Å². The molecule has 0 radical (unpaired) electrons. The van der Waals surface area contributed by atoms with E-state index < -0.39 is 0 Å². The van der Waals surface area contributed by atoms with Gasteiger partial charge in [0.1, 0.15) is 0 Å². The summed E-state index contributed by atoms with van der Waals surface area (Å²) in [5, 5.41) is 0. The molecule has 0 bridgehead atoms. The third kappa shape index (κ3) is 2.88. The Balaban J connectivity index is 2.30. The van der Waals surface area contributed by atoms with Crippen molar-refractivity contribution in [1.82, 2.24) is 0 Å². The van der Waals surface area contributed by atoms with E-state index in [0.717, 1.165) is 18.4 Å². The Morgan fingerprint density at radius 1 is 0.944 bits per heavy atom. The molecule has 0 aliphatic rings. The number of benzene rings is 2. The van der Waals surface area contributed by atoms with Crippen LogP contribution in [0.2, 0.25) is 0 Å². The second-order valence-corrected chi connectivity index (χ2v) is 4.68. The van der Waals surface area contributed by atoms with Crippen LogP contribution in [0.3, 0.4) is 0 Å². The molecule has 0 fully saturated rings. The maximum atomic E-state index is 6.59. The van der Waals surface area contributed by atoms with Gasteiger partial charge in [0.25, 0.3) is 0 Å². The number of hydrogen-bond donors (Lipinski definition) is 1. The molecule has 18 heavy (non-hydrogen) atoms. The lowest BCUT2D eigenvalue weighted by Gasteiger charge is -2.29. The summed E-state index contributed by atoms with van der Waals surface area (Å²) in [7, 11) is 0. The van der Waals surface area contributed by atoms with Gasteiger partial charge in [-0.25, -0.2) is 0 Å². The molecule has 2 aromatic rings. The summed E-state index contributed by atoms with van der Waals surface area (Å²) >= 11 is 0. The first-order valence-electron chi connectivity index (χ1n) is 6.24. The Bertz CT molecular complexity index is 490. The normalized spacial score (nSPS) is 13.8. The lowest BCUT2D eigenvalue weighted by molar-refractivity contribution is 0.447. The molecule has 2 N–H and O–H groups in total. The van der Waals surface area contributed by atoms with Gasteiger partial charge in [-0.1, -0.05) is 66.7 Å². The van der Waals surface area contributed by atoms with Gasteiger partial charge in [0.15, 0.2) is 0 Å². The monoisotopic (exact) mass is 237 g/mol. The summed E-state index contributed by atoms with van der Waals surface area (Å²) in [6.45, 7) is 3.83. The Labute approximate surface area is 109 Å². The Hall–Kier alpha value is -1.86. The molecule has 0 heterocycles. The molecule has 1 atom stereocenters. The quantitative estimate of drug-likeness (QED) is 0.789. The van der Waals surface area contributed by atoms with Crippen LogP contribution in [0.5, 0.6) is 0 Å². The summed E-state index contributed by atoms with van der Waals surface area (Å²) in [5.41, 5.74) is 8.64. The molecule has 1 heteroatoms. The van der Waals surface area contributed by atoms with Gasteiger partial charge < -0.3 is 5.73 Å². The van der Waals surface area contributed by atoms with Gasteiger partial charge in [-0.15, -0.1) is 6.58 Å². The van der Waals surface area contributed by atoms with Crippen LogP contribution in [-0.2, 0) is 12.0 Å². The van der Waals surface area contributed by atoms with E-state index >= 15 is 0 Å². The van der Waals surface area contributed by atoms with Gasteiger partial charge in [0, 0.05) is 5.54 Å². The van der Waals surface area contributed by atoms with E-state index in [-0.39, 0.29) is 5.54 Å². The zero-order valence-electron chi connectivity index (χ0n) is 10.5. The maximum absolute atomic E-state index is 6.59. The molecule has 0 aliphatic carbocycles. The van der Waals surface area contributed by atoms with Crippen LogP contribution in [0.25, 0.3) is 0 Å². The molecule has 0 aliphatic heterocycles. The van der Waals surface area contributed by atoms with Crippen molar-refractivity contribution in [3.63, 3.8) is 0 Å². The average Bonchev–Trinajstić information content (AvgIpc) is 2.41. The predicted molar refractivity (Wildman–Crippen MR) is 77.3 cm³/mol. The second-order valence-electron chi connectivity index (χ2n) is 4.68. The van der Waals surface area contributed by atoms with Gasteiger partial charge >= 0.3 is 0 Å². The number of hydrogen-bond acceptors (Lipinski definition) is 1. The van der Waals surface area contributed by atoms with Crippen molar-refractivity contribution >= 4 is 0 Å². The molecule has 1 nitrogen and oxygen atoms in total.